The molecule has 3 atom stereocenters. The quantitative estimate of drug-likeness (QED) is 0.877. The maximum atomic E-state index is 6.53. The minimum absolute atomic E-state index is 0.109. The Kier molecular flexibility index (Phi) is 4.87. The Labute approximate surface area is 117 Å². The van der Waals surface area contributed by atoms with Gasteiger partial charge in [0.1, 0.15) is 5.75 Å². The summed E-state index contributed by atoms with van der Waals surface area (Å²) >= 11 is 0. The molecule has 1 aliphatic carbocycles. The molecule has 19 heavy (non-hydrogen) atoms. The fraction of sp³-hybridized carbons (Fsp3) is 0.647. The lowest BCUT2D eigenvalue weighted by Crippen LogP contribution is -2.27. The highest BCUT2D eigenvalue weighted by molar-refractivity contribution is 5.36. The first-order valence-corrected chi connectivity index (χ1v) is 7.59. The summed E-state index contributed by atoms with van der Waals surface area (Å²) in [5, 5.41) is 0. The normalized spacial score (nSPS) is 25.3. The molecule has 0 radical (unpaired) electrons. The van der Waals surface area contributed by atoms with Crippen LogP contribution in [0.5, 0.6) is 5.75 Å². The molecule has 2 nitrogen and oxygen atoms in total. The monoisotopic (exact) mass is 261 g/mol. The molecular formula is C17H27NO. The van der Waals surface area contributed by atoms with Gasteiger partial charge in [-0.1, -0.05) is 38.0 Å². The largest absolute Gasteiger partial charge is 0.491 e. The summed E-state index contributed by atoms with van der Waals surface area (Å²) in [6.07, 6.45) is 5.36. The first kappa shape index (κ1) is 14.4. The molecule has 1 saturated carbocycles. The summed E-state index contributed by atoms with van der Waals surface area (Å²) in [7, 11) is 0. The number of para-hydroxylation sites is 1. The Balaban J connectivity index is 2.15. The van der Waals surface area contributed by atoms with Crippen molar-refractivity contribution >= 4 is 0 Å². The van der Waals surface area contributed by atoms with Crippen molar-refractivity contribution in [2.45, 2.75) is 58.6 Å². The molecular weight excluding hydrogens is 234 g/mol. The Bertz CT molecular complexity index is 402. The fourth-order valence-electron chi connectivity index (χ4n) is 3.18. The van der Waals surface area contributed by atoms with E-state index in [0.29, 0.717) is 5.92 Å². The second-order valence-corrected chi connectivity index (χ2v) is 6.26. The van der Waals surface area contributed by atoms with Gasteiger partial charge in [-0.2, -0.15) is 0 Å². The van der Waals surface area contributed by atoms with Gasteiger partial charge in [-0.05, 0) is 44.6 Å². The highest BCUT2D eigenvalue weighted by Gasteiger charge is 2.27. The average molecular weight is 261 g/mol. The first-order valence-electron chi connectivity index (χ1n) is 7.59. The predicted molar refractivity (Wildman–Crippen MR) is 80.3 cm³/mol. The van der Waals surface area contributed by atoms with E-state index < -0.39 is 0 Å². The van der Waals surface area contributed by atoms with Crippen molar-refractivity contribution in [1.29, 1.82) is 0 Å². The number of benzene rings is 1. The van der Waals surface area contributed by atoms with E-state index in [1.54, 1.807) is 0 Å². The third-order valence-electron chi connectivity index (χ3n) is 4.13. The van der Waals surface area contributed by atoms with Gasteiger partial charge in [-0.15, -0.1) is 0 Å². The van der Waals surface area contributed by atoms with Crippen LogP contribution in [0.2, 0.25) is 0 Å². The van der Waals surface area contributed by atoms with Gasteiger partial charge in [-0.25, -0.2) is 0 Å². The Hall–Kier alpha value is -1.02. The van der Waals surface area contributed by atoms with Gasteiger partial charge in [0.2, 0.25) is 0 Å². The van der Waals surface area contributed by atoms with Crippen LogP contribution in [0.1, 0.15) is 58.1 Å². The summed E-state index contributed by atoms with van der Waals surface area (Å²) in [5.41, 5.74) is 7.70. The second kappa shape index (κ2) is 6.42. The standard InChI is InChI=1S/C17H27NO/c1-12(2)19-16-10-5-4-9-15(16)17(18)14-8-6-7-13(3)11-14/h4-5,9-10,12-14,17H,6-8,11,18H2,1-3H3. The Morgan fingerprint density at radius 1 is 1.21 bits per heavy atom. The molecule has 0 heterocycles. The number of ether oxygens (including phenoxy) is 1. The summed E-state index contributed by atoms with van der Waals surface area (Å²) in [6, 6.07) is 8.37. The van der Waals surface area contributed by atoms with E-state index in [-0.39, 0.29) is 12.1 Å². The molecule has 0 aromatic heterocycles. The lowest BCUT2D eigenvalue weighted by Gasteiger charge is -2.32. The number of hydrogen-bond acceptors (Lipinski definition) is 2. The molecule has 1 aliphatic rings. The van der Waals surface area contributed by atoms with Gasteiger partial charge in [0.05, 0.1) is 6.10 Å². The maximum absolute atomic E-state index is 6.53. The molecule has 1 aromatic rings. The average Bonchev–Trinajstić information content (AvgIpc) is 2.38. The van der Waals surface area contributed by atoms with Gasteiger partial charge in [0, 0.05) is 11.6 Å². The minimum Gasteiger partial charge on any atom is -0.491 e. The molecule has 0 bridgehead atoms. The first-order chi connectivity index (χ1) is 9.08. The van der Waals surface area contributed by atoms with Crippen LogP contribution in [0, 0.1) is 11.8 Å². The molecule has 0 aliphatic heterocycles. The molecule has 106 valence electrons. The SMILES string of the molecule is CC1CCCC(C(N)c2ccccc2OC(C)C)C1. The van der Waals surface area contributed by atoms with Crippen molar-refractivity contribution in [2.24, 2.45) is 17.6 Å². The van der Waals surface area contributed by atoms with Crippen molar-refractivity contribution in [3.8, 4) is 5.75 Å². The van der Waals surface area contributed by atoms with Gasteiger partial charge in [0.25, 0.3) is 0 Å². The van der Waals surface area contributed by atoms with Gasteiger partial charge < -0.3 is 10.5 Å². The number of hydrogen-bond donors (Lipinski definition) is 1. The zero-order valence-corrected chi connectivity index (χ0v) is 12.4. The Morgan fingerprint density at radius 2 is 1.95 bits per heavy atom. The van der Waals surface area contributed by atoms with Crippen molar-refractivity contribution in [3.63, 3.8) is 0 Å². The van der Waals surface area contributed by atoms with Crippen molar-refractivity contribution < 1.29 is 4.74 Å². The van der Waals surface area contributed by atoms with E-state index in [0.717, 1.165) is 11.7 Å². The molecule has 2 N–H and O–H groups in total. The van der Waals surface area contributed by atoms with E-state index in [2.05, 4.69) is 32.9 Å². The highest BCUT2D eigenvalue weighted by atomic mass is 16.5. The molecule has 1 aromatic carbocycles. The third kappa shape index (κ3) is 3.73. The lowest BCUT2D eigenvalue weighted by atomic mass is 9.77. The van der Waals surface area contributed by atoms with Crippen LogP contribution in [-0.2, 0) is 0 Å². The summed E-state index contributed by atoms with van der Waals surface area (Å²) in [4.78, 5) is 0. The van der Waals surface area contributed by atoms with Crippen LogP contribution in [0.25, 0.3) is 0 Å². The summed E-state index contributed by atoms with van der Waals surface area (Å²) < 4.78 is 5.90. The molecule has 1 fully saturated rings. The van der Waals surface area contributed by atoms with E-state index >= 15 is 0 Å². The lowest BCUT2D eigenvalue weighted by molar-refractivity contribution is 0.222. The van der Waals surface area contributed by atoms with E-state index in [9.17, 15) is 0 Å². The molecule has 0 amide bonds. The molecule has 3 unspecified atom stereocenters. The van der Waals surface area contributed by atoms with E-state index in [1.807, 2.05) is 12.1 Å². The molecule has 0 spiro atoms. The van der Waals surface area contributed by atoms with Gasteiger partial charge in [0.15, 0.2) is 0 Å². The number of nitrogens with two attached hydrogens (primary N) is 1. The van der Waals surface area contributed by atoms with Crippen LogP contribution in [0.15, 0.2) is 24.3 Å². The smallest absolute Gasteiger partial charge is 0.124 e. The number of rotatable bonds is 4. The van der Waals surface area contributed by atoms with Gasteiger partial charge >= 0.3 is 0 Å². The van der Waals surface area contributed by atoms with E-state index in [1.165, 1.54) is 31.2 Å². The van der Waals surface area contributed by atoms with E-state index in [4.69, 9.17) is 10.5 Å². The van der Waals surface area contributed by atoms with Crippen LogP contribution < -0.4 is 10.5 Å². The predicted octanol–water partition coefficient (Wildman–Crippen LogP) is 4.30. The van der Waals surface area contributed by atoms with Crippen LogP contribution in [0.3, 0.4) is 0 Å². The second-order valence-electron chi connectivity index (χ2n) is 6.26. The molecule has 0 saturated heterocycles. The third-order valence-corrected chi connectivity index (χ3v) is 4.13. The van der Waals surface area contributed by atoms with Crippen molar-refractivity contribution in [3.05, 3.63) is 29.8 Å². The topological polar surface area (TPSA) is 35.2 Å². The van der Waals surface area contributed by atoms with Crippen molar-refractivity contribution in [1.82, 2.24) is 0 Å². The molecule has 2 rings (SSSR count). The van der Waals surface area contributed by atoms with Crippen LogP contribution in [-0.4, -0.2) is 6.10 Å². The fourth-order valence-corrected chi connectivity index (χ4v) is 3.18. The maximum Gasteiger partial charge on any atom is 0.124 e. The minimum atomic E-state index is 0.109. The zero-order valence-electron chi connectivity index (χ0n) is 12.4. The van der Waals surface area contributed by atoms with Crippen LogP contribution >= 0.6 is 0 Å². The van der Waals surface area contributed by atoms with Crippen LogP contribution in [0.4, 0.5) is 0 Å². The summed E-state index contributed by atoms with van der Waals surface area (Å²) in [5.74, 6) is 2.37. The zero-order chi connectivity index (χ0) is 13.8. The Morgan fingerprint density at radius 3 is 2.63 bits per heavy atom. The highest BCUT2D eigenvalue weighted by Crippen LogP contribution is 2.38. The van der Waals surface area contributed by atoms with Crippen molar-refractivity contribution in [2.75, 3.05) is 0 Å². The van der Waals surface area contributed by atoms with Gasteiger partial charge in [-0.3, -0.25) is 0 Å². The summed E-state index contributed by atoms with van der Waals surface area (Å²) in [6.45, 7) is 6.46. The molecule has 2 heteroatoms.